The largest absolute Gasteiger partial charge is 0.481 e. The monoisotopic (exact) mass is 302 g/mol. The zero-order valence-corrected chi connectivity index (χ0v) is 12.0. The molecule has 5 heteroatoms. The first-order valence-electron chi connectivity index (χ1n) is 5.96. The van der Waals surface area contributed by atoms with Crippen molar-refractivity contribution in [1.82, 2.24) is 0 Å². The van der Waals surface area contributed by atoms with Crippen LogP contribution in [0.4, 0.5) is 0 Å². The molecular formula is C15H10O3S2. The summed E-state index contributed by atoms with van der Waals surface area (Å²) < 4.78 is 1.20. The first kappa shape index (κ1) is 13.0. The zero-order chi connectivity index (χ0) is 14.1. The lowest BCUT2D eigenvalue weighted by Gasteiger charge is -1.99. The van der Waals surface area contributed by atoms with Gasteiger partial charge in [-0.05, 0) is 29.6 Å². The van der Waals surface area contributed by atoms with Crippen LogP contribution in [-0.2, 0) is 4.79 Å². The number of benzene rings is 1. The lowest BCUT2D eigenvalue weighted by atomic mass is 10.1. The Kier molecular flexibility index (Phi) is 3.38. The summed E-state index contributed by atoms with van der Waals surface area (Å²) in [7, 11) is 0. The predicted molar refractivity (Wildman–Crippen MR) is 81.7 cm³/mol. The van der Waals surface area contributed by atoms with Crippen LogP contribution in [-0.4, -0.2) is 16.9 Å². The number of Topliss-reactive ketones (excluding diaryl/α,β-unsaturated/α-hetero) is 1. The summed E-state index contributed by atoms with van der Waals surface area (Å²) >= 11 is 3.02. The molecule has 0 aliphatic heterocycles. The molecule has 0 saturated carbocycles. The minimum atomic E-state index is -1.09. The molecule has 0 amide bonds. The molecule has 0 fully saturated rings. The van der Waals surface area contributed by atoms with Crippen LogP contribution >= 0.6 is 22.7 Å². The molecule has 1 N–H and O–H groups in total. The van der Waals surface area contributed by atoms with Crippen molar-refractivity contribution in [2.24, 2.45) is 0 Å². The molecular weight excluding hydrogens is 292 g/mol. The van der Waals surface area contributed by atoms with E-state index >= 15 is 0 Å². The molecule has 3 rings (SSSR count). The van der Waals surface area contributed by atoms with Crippen LogP contribution in [0.2, 0.25) is 0 Å². The Hall–Kier alpha value is -1.98. The van der Waals surface area contributed by atoms with Gasteiger partial charge in [0.1, 0.15) is 6.42 Å². The summed E-state index contributed by atoms with van der Waals surface area (Å²) in [4.78, 5) is 23.8. The standard InChI is InChI=1S/C15H10O3S2/c16-11(8-15(17)18)14-5-4-13(20-14)9-2-1-3-12-10(9)6-7-19-12/h1-7H,8H2,(H,17,18). The number of hydrogen-bond donors (Lipinski definition) is 1. The van der Waals surface area contributed by atoms with Crippen molar-refractivity contribution in [2.45, 2.75) is 6.42 Å². The third-order valence-electron chi connectivity index (χ3n) is 2.95. The van der Waals surface area contributed by atoms with E-state index in [1.807, 2.05) is 23.6 Å². The highest BCUT2D eigenvalue weighted by Crippen LogP contribution is 2.35. The fourth-order valence-electron chi connectivity index (χ4n) is 2.07. The van der Waals surface area contributed by atoms with Gasteiger partial charge >= 0.3 is 5.97 Å². The van der Waals surface area contributed by atoms with Crippen LogP contribution in [0.15, 0.2) is 41.8 Å². The number of carbonyl (C=O) groups is 2. The van der Waals surface area contributed by atoms with E-state index in [-0.39, 0.29) is 5.78 Å². The molecule has 0 radical (unpaired) electrons. The second-order valence-corrected chi connectivity index (χ2v) is 6.33. The van der Waals surface area contributed by atoms with Gasteiger partial charge in [0.2, 0.25) is 0 Å². The molecule has 3 nitrogen and oxygen atoms in total. The van der Waals surface area contributed by atoms with Crippen LogP contribution in [0, 0.1) is 0 Å². The smallest absolute Gasteiger partial charge is 0.311 e. The number of aliphatic carboxylic acids is 1. The average molecular weight is 302 g/mol. The summed E-state index contributed by atoms with van der Waals surface area (Å²) in [6, 6.07) is 11.7. The highest BCUT2D eigenvalue weighted by atomic mass is 32.1. The molecule has 100 valence electrons. The van der Waals surface area contributed by atoms with Gasteiger partial charge in [-0.15, -0.1) is 22.7 Å². The molecule has 3 aromatic rings. The van der Waals surface area contributed by atoms with Crippen LogP contribution in [0.1, 0.15) is 16.1 Å². The van der Waals surface area contributed by atoms with Crippen molar-refractivity contribution in [3.8, 4) is 10.4 Å². The topological polar surface area (TPSA) is 54.4 Å². The lowest BCUT2D eigenvalue weighted by molar-refractivity contribution is -0.135. The van der Waals surface area contributed by atoms with Crippen molar-refractivity contribution in [3.05, 3.63) is 46.7 Å². The number of hydrogen-bond acceptors (Lipinski definition) is 4. The van der Waals surface area contributed by atoms with Gasteiger partial charge in [0, 0.05) is 20.5 Å². The van der Waals surface area contributed by atoms with Crippen LogP contribution < -0.4 is 0 Å². The minimum Gasteiger partial charge on any atom is -0.481 e. The van der Waals surface area contributed by atoms with Gasteiger partial charge < -0.3 is 5.11 Å². The second kappa shape index (κ2) is 5.19. The van der Waals surface area contributed by atoms with Gasteiger partial charge in [0.25, 0.3) is 0 Å². The number of carbonyl (C=O) groups excluding carboxylic acids is 1. The Labute approximate surface area is 123 Å². The van der Waals surface area contributed by atoms with Gasteiger partial charge in [0.05, 0.1) is 4.88 Å². The summed E-state index contributed by atoms with van der Waals surface area (Å²) in [6.07, 6.45) is -0.456. The molecule has 0 unspecified atom stereocenters. The quantitative estimate of drug-likeness (QED) is 0.578. The number of fused-ring (bicyclic) bond motifs is 1. The van der Waals surface area contributed by atoms with Crippen LogP contribution in [0.3, 0.4) is 0 Å². The Bertz CT molecular complexity index is 798. The highest BCUT2D eigenvalue weighted by molar-refractivity contribution is 7.18. The summed E-state index contributed by atoms with van der Waals surface area (Å²) in [6.45, 7) is 0. The van der Waals surface area contributed by atoms with E-state index in [9.17, 15) is 9.59 Å². The first-order valence-corrected chi connectivity index (χ1v) is 7.66. The third kappa shape index (κ3) is 2.37. The summed E-state index contributed by atoms with van der Waals surface area (Å²) in [5, 5.41) is 11.9. The number of rotatable bonds is 4. The van der Waals surface area contributed by atoms with Crippen LogP contribution in [0.5, 0.6) is 0 Å². The number of carboxylic acid groups (broad SMARTS) is 1. The maximum absolute atomic E-state index is 11.7. The fourth-order valence-corrected chi connectivity index (χ4v) is 3.86. The van der Waals surface area contributed by atoms with Crippen LogP contribution in [0.25, 0.3) is 20.5 Å². The lowest BCUT2D eigenvalue weighted by Crippen LogP contribution is -2.04. The van der Waals surface area contributed by atoms with E-state index in [2.05, 4.69) is 12.1 Å². The van der Waals surface area contributed by atoms with E-state index < -0.39 is 12.4 Å². The third-order valence-corrected chi connectivity index (χ3v) is 5.00. The van der Waals surface area contributed by atoms with Gasteiger partial charge in [0.15, 0.2) is 5.78 Å². The molecule has 0 atom stereocenters. The first-order chi connectivity index (χ1) is 9.65. The van der Waals surface area contributed by atoms with Crippen molar-refractivity contribution < 1.29 is 14.7 Å². The predicted octanol–water partition coefficient (Wildman–Crippen LogP) is 4.29. The van der Waals surface area contributed by atoms with Gasteiger partial charge in [-0.2, -0.15) is 0 Å². The van der Waals surface area contributed by atoms with Gasteiger partial charge in [-0.25, -0.2) is 0 Å². The molecule has 0 bridgehead atoms. The SMILES string of the molecule is O=C(O)CC(=O)c1ccc(-c2cccc3sccc23)s1. The summed E-state index contributed by atoms with van der Waals surface area (Å²) in [5.74, 6) is -1.43. The molecule has 0 spiro atoms. The molecule has 0 aliphatic rings. The van der Waals surface area contributed by atoms with Crippen molar-refractivity contribution in [2.75, 3.05) is 0 Å². The summed E-state index contributed by atoms with van der Waals surface area (Å²) in [5.41, 5.74) is 1.09. The van der Waals surface area contributed by atoms with E-state index in [0.717, 1.165) is 15.8 Å². The van der Waals surface area contributed by atoms with Crippen molar-refractivity contribution in [3.63, 3.8) is 0 Å². The Balaban J connectivity index is 2.00. The number of carboxylic acids is 1. The number of ketones is 1. The van der Waals surface area contributed by atoms with E-state index in [4.69, 9.17) is 5.11 Å². The van der Waals surface area contributed by atoms with E-state index in [0.29, 0.717) is 4.88 Å². The van der Waals surface area contributed by atoms with Crippen molar-refractivity contribution in [1.29, 1.82) is 0 Å². The zero-order valence-electron chi connectivity index (χ0n) is 10.3. The molecule has 20 heavy (non-hydrogen) atoms. The second-order valence-electron chi connectivity index (χ2n) is 4.30. The average Bonchev–Trinajstić information content (AvgIpc) is 3.06. The van der Waals surface area contributed by atoms with Gasteiger partial charge in [-0.1, -0.05) is 12.1 Å². The van der Waals surface area contributed by atoms with E-state index in [1.54, 1.807) is 17.4 Å². The molecule has 0 aliphatic carbocycles. The Morgan fingerprint density at radius 2 is 1.95 bits per heavy atom. The normalized spacial score (nSPS) is 10.8. The molecule has 1 aromatic carbocycles. The highest BCUT2D eigenvalue weighted by Gasteiger charge is 2.14. The maximum atomic E-state index is 11.7. The van der Waals surface area contributed by atoms with E-state index in [1.165, 1.54) is 16.0 Å². The van der Waals surface area contributed by atoms with Gasteiger partial charge in [-0.3, -0.25) is 9.59 Å². The molecule has 0 saturated heterocycles. The maximum Gasteiger partial charge on any atom is 0.311 e. The fraction of sp³-hybridized carbons (Fsp3) is 0.0667. The Morgan fingerprint density at radius 3 is 2.75 bits per heavy atom. The Morgan fingerprint density at radius 1 is 1.10 bits per heavy atom. The molecule has 2 aromatic heterocycles. The van der Waals surface area contributed by atoms with Crippen molar-refractivity contribution >= 4 is 44.5 Å². The molecule has 2 heterocycles. The number of thiophene rings is 2. The minimum absolute atomic E-state index is 0.341.